The quantitative estimate of drug-likeness (QED) is 0.723. The largest absolute Gasteiger partial charge is 0.490 e. The van der Waals surface area contributed by atoms with Crippen molar-refractivity contribution in [1.29, 1.82) is 0 Å². The Bertz CT molecular complexity index is 919. The third kappa shape index (κ3) is 4.16. The van der Waals surface area contributed by atoms with E-state index in [2.05, 4.69) is 20.9 Å². The molecule has 1 amide bonds. The number of hydrogen-bond donors (Lipinski definition) is 2. The van der Waals surface area contributed by atoms with Crippen LogP contribution in [0.1, 0.15) is 11.1 Å². The molecule has 1 aliphatic rings. The highest BCUT2D eigenvalue weighted by Crippen LogP contribution is 2.39. The van der Waals surface area contributed by atoms with Crippen LogP contribution in [-0.4, -0.2) is 41.1 Å². The number of carboxylic acid groups (broad SMARTS) is 1. The molecule has 1 aliphatic heterocycles. The second kappa shape index (κ2) is 8.01. The molecule has 0 bridgehead atoms. The number of carbonyl (C=O) groups is 2. The number of carboxylic acids is 1. The highest BCUT2D eigenvalue weighted by atomic mass is 79.9. The van der Waals surface area contributed by atoms with Gasteiger partial charge in [-0.25, -0.2) is 9.79 Å². The molecular formula is C18H15BrF3N3O3. The Kier molecular flexibility index (Phi) is 6.13. The van der Waals surface area contributed by atoms with Crippen molar-refractivity contribution in [3.05, 3.63) is 70.2 Å². The first kappa shape index (κ1) is 21.4. The summed E-state index contributed by atoms with van der Waals surface area (Å²) in [5.74, 6) is -2.68. The normalized spacial score (nSPS) is 19.0. The minimum Gasteiger partial charge on any atom is -0.475 e. The number of nitrogens with two attached hydrogens (primary N) is 1. The van der Waals surface area contributed by atoms with Gasteiger partial charge in [0, 0.05) is 11.5 Å². The first-order chi connectivity index (χ1) is 13.0. The Labute approximate surface area is 166 Å². The maximum absolute atomic E-state index is 12.9. The smallest absolute Gasteiger partial charge is 0.475 e. The monoisotopic (exact) mass is 457 g/mol. The molecule has 3 rings (SSSR count). The van der Waals surface area contributed by atoms with Gasteiger partial charge in [-0.2, -0.15) is 13.2 Å². The van der Waals surface area contributed by atoms with E-state index in [-0.39, 0.29) is 11.9 Å². The molecule has 0 saturated carbocycles. The van der Waals surface area contributed by atoms with Gasteiger partial charge in [0.25, 0.3) is 5.91 Å². The molecule has 28 heavy (non-hydrogen) atoms. The van der Waals surface area contributed by atoms with E-state index in [4.69, 9.17) is 15.6 Å². The van der Waals surface area contributed by atoms with Crippen LogP contribution >= 0.6 is 15.9 Å². The minimum atomic E-state index is -5.08. The summed E-state index contributed by atoms with van der Waals surface area (Å²) in [6.45, 7) is 0. The number of rotatable bonds is 2. The molecule has 10 heteroatoms. The molecule has 3 N–H and O–H groups in total. The van der Waals surface area contributed by atoms with E-state index in [0.717, 1.165) is 15.6 Å². The number of aliphatic carboxylic acids is 1. The molecule has 148 valence electrons. The summed E-state index contributed by atoms with van der Waals surface area (Å²) in [5.41, 5.74) is 6.39. The Morgan fingerprint density at radius 3 is 2.11 bits per heavy atom. The Morgan fingerprint density at radius 1 is 1.14 bits per heavy atom. The van der Waals surface area contributed by atoms with E-state index in [1.54, 1.807) is 7.05 Å². The molecule has 0 spiro atoms. The number of hydrogen-bond acceptors (Lipinski definition) is 4. The lowest BCUT2D eigenvalue weighted by Gasteiger charge is -2.26. The lowest BCUT2D eigenvalue weighted by molar-refractivity contribution is -0.192. The summed E-state index contributed by atoms with van der Waals surface area (Å²) in [7, 11) is 1.64. The second-order valence-corrected chi connectivity index (χ2v) is 6.64. The maximum Gasteiger partial charge on any atom is 0.490 e. The van der Waals surface area contributed by atoms with Crippen LogP contribution in [0, 0.1) is 0 Å². The maximum atomic E-state index is 12.9. The number of nitrogens with zero attached hydrogens (tertiary/aromatic N) is 2. The van der Waals surface area contributed by atoms with Crippen LogP contribution in [0.2, 0.25) is 0 Å². The summed E-state index contributed by atoms with van der Waals surface area (Å²) in [5, 5.41) is 7.12. The van der Waals surface area contributed by atoms with Crippen LogP contribution in [0.25, 0.3) is 0 Å². The standard InChI is InChI=1S/C16H14BrN3O.C2HF3O2/c1-20-14(21)16(19-15(20)18,11-6-3-2-4-7-11)12-8-5-9-13(17)10-12;3-2(4,5)1(6)7/h2-10H,1H3,(H2,18,19);(H,6,7). The SMILES string of the molecule is CN1C(=O)C(c2ccccc2)(c2cccc(Br)c2)N=C1N.O=C(O)C(F)(F)F. The molecule has 0 aromatic heterocycles. The lowest BCUT2D eigenvalue weighted by Crippen LogP contribution is -2.41. The second-order valence-electron chi connectivity index (χ2n) is 5.72. The number of halogens is 4. The molecule has 1 heterocycles. The zero-order valence-corrected chi connectivity index (χ0v) is 16.0. The fourth-order valence-corrected chi connectivity index (χ4v) is 2.98. The van der Waals surface area contributed by atoms with Crippen LogP contribution in [0.15, 0.2) is 64.1 Å². The van der Waals surface area contributed by atoms with Crippen molar-refractivity contribution in [3.8, 4) is 0 Å². The van der Waals surface area contributed by atoms with Crippen molar-refractivity contribution in [3.63, 3.8) is 0 Å². The van der Waals surface area contributed by atoms with Gasteiger partial charge in [0.2, 0.25) is 0 Å². The first-order valence-electron chi connectivity index (χ1n) is 7.75. The number of amides is 1. The van der Waals surface area contributed by atoms with Crippen LogP contribution in [0.3, 0.4) is 0 Å². The molecule has 1 atom stereocenters. The van der Waals surface area contributed by atoms with Crippen molar-refractivity contribution in [2.45, 2.75) is 11.7 Å². The van der Waals surface area contributed by atoms with E-state index in [0.29, 0.717) is 0 Å². The molecule has 0 fully saturated rings. The topological polar surface area (TPSA) is 96.0 Å². The van der Waals surface area contributed by atoms with E-state index >= 15 is 0 Å². The molecule has 1 unspecified atom stereocenters. The number of benzene rings is 2. The lowest BCUT2D eigenvalue weighted by atomic mass is 9.83. The summed E-state index contributed by atoms with van der Waals surface area (Å²) in [4.78, 5) is 27.7. The zero-order chi connectivity index (χ0) is 21.1. The molecule has 2 aromatic rings. The first-order valence-corrected chi connectivity index (χ1v) is 8.54. The molecule has 0 saturated heterocycles. The van der Waals surface area contributed by atoms with Crippen LogP contribution in [0.5, 0.6) is 0 Å². The van der Waals surface area contributed by atoms with Crippen molar-refractivity contribution in [1.82, 2.24) is 4.90 Å². The van der Waals surface area contributed by atoms with E-state index in [1.165, 1.54) is 4.90 Å². The van der Waals surface area contributed by atoms with Crippen LogP contribution < -0.4 is 5.73 Å². The molecule has 0 radical (unpaired) electrons. The van der Waals surface area contributed by atoms with Crippen molar-refractivity contribution in [2.24, 2.45) is 10.7 Å². The van der Waals surface area contributed by atoms with E-state index in [1.807, 2.05) is 54.6 Å². The van der Waals surface area contributed by atoms with Gasteiger partial charge in [-0.05, 0) is 23.3 Å². The van der Waals surface area contributed by atoms with Gasteiger partial charge >= 0.3 is 12.1 Å². The summed E-state index contributed by atoms with van der Waals surface area (Å²) in [6.07, 6.45) is -5.08. The number of alkyl halides is 3. The average molecular weight is 458 g/mol. The Balaban J connectivity index is 0.000000345. The predicted octanol–water partition coefficient (Wildman–Crippen LogP) is 3.11. The van der Waals surface area contributed by atoms with Crippen LogP contribution in [-0.2, 0) is 15.1 Å². The molecular weight excluding hydrogens is 443 g/mol. The van der Waals surface area contributed by atoms with Crippen LogP contribution in [0.4, 0.5) is 13.2 Å². The highest BCUT2D eigenvalue weighted by Gasteiger charge is 2.49. The molecule has 0 aliphatic carbocycles. The highest BCUT2D eigenvalue weighted by molar-refractivity contribution is 9.10. The van der Waals surface area contributed by atoms with Gasteiger partial charge in [-0.3, -0.25) is 9.69 Å². The van der Waals surface area contributed by atoms with E-state index < -0.39 is 17.7 Å². The fraction of sp³-hybridized carbons (Fsp3) is 0.167. The predicted molar refractivity (Wildman–Crippen MR) is 99.4 cm³/mol. The Morgan fingerprint density at radius 2 is 1.68 bits per heavy atom. The third-order valence-corrected chi connectivity index (χ3v) is 4.41. The van der Waals surface area contributed by atoms with E-state index in [9.17, 15) is 18.0 Å². The van der Waals surface area contributed by atoms with Crippen molar-refractivity contribution in [2.75, 3.05) is 7.05 Å². The summed E-state index contributed by atoms with van der Waals surface area (Å²) >= 11 is 3.45. The van der Waals surface area contributed by atoms with Gasteiger partial charge in [-0.1, -0.05) is 58.4 Å². The summed E-state index contributed by atoms with van der Waals surface area (Å²) in [6, 6.07) is 17.1. The minimum absolute atomic E-state index is 0.149. The number of aliphatic imine (C=N–C) groups is 1. The van der Waals surface area contributed by atoms with Gasteiger partial charge in [0.1, 0.15) is 0 Å². The average Bonchev–Trinajstić information content (AvgIpc) is 2.87. The molecule has 6 nitrogen and oxygen atoms in total. The third-order valence-electron chi connectivity index (χ3n) is 3.92. The number of likely N-dealkylation sites (N-methyl/N-ethyl adjacent to an activating group) is 1. The fourth-order valence-electron chi connectivity index (χ4n) is 2.58. The molecule has 2 aromatic carbocycles. The summed E-state index contributed by atoms with van der Waals surface area (Å²) < 4.78 is 32.6. The zero-order valence-electron chi connectivity index (χ0n) is 14.4. The van der Waals surface area contributed by atoms with Crippen molar-refractivity contribution >= 4 is 33.8 Å². The number of carbonyl (C=O) groups excluding carboxylic acids is 1. The van der Waals surface area contributed by atoms with Gasteiger partial charge < -0.3 is 10.8 Å². The van der Waals surface area contributed by atoms with Gasteiger partial charge in [0.15, 0.2) is 11.5 Å². The Hall–Kier alpha value is -2.88. The van der Waals surface area contributed by atoms with Gasteiger partial charge in [0.05, 0.1) is 0 Å². The van der Waals surface area contributed by atoms with Crippen molar-refractivity contribution < 1.29 is 27.9 Å². The number of guanidine groups is 1. The van der Waals surface area contributed by atoms with Gasteiger partial charge in [-0.15, -0.1) is 0 Å².